The van der Waals surface area contributed by atoms with Crippen LogP contribution in [-0.4, -0.2) is 36.2 Å². The second-order valence-electron chi connectivity index (χ2n) is 5.48. The second-order valence-corrected chi connectivity index (χ2v) is 5.48. The van der Waals surface area contributed by atoms with Gasteiger partial charge in [0.05, 0.1) is 5.92 Å². The zero-order valence-corrected chi connectivity index (χ0v) is 12.2. The van der Waals surface area contributed by atoms with E-state index in [4.69, 9.17) is 4.74 Å². The monoisotopic (exact) mass is 291 g/mol. The van der Waals surface area contributed by atoms with Gasteiger partial charge >= 0.3 is 5.97 Å². The summed E-state index contributed by atoms with van der Waals surface area (Å²) in [5.74, 6) is -1.73. The van der Waals surface area contributed by atoms with E-state index in [-0.39, 0.29) is 12.5 Å². The van der Waals surface area contributed by atoms with Gasteiger partial charge in [0.15, 0.2) is 0 Å². The molecule has 0 spiro atoms. The predicted molar refractivity (Wildman–Crippen MR) is 78.0 cm³/mol. The Morgan fingerprint density at radius 2 is 2.29 bits per heavy atom. The van der Waals surface area contributed by atoms with Crippen molar-refractivity contribution in [2.45, 2.75) is 32.3 Å². The summed E-state index contributed by atoms with van der Waals surface area (Å²) in [5, 5.41) is 12.0. The fourth-order valence-corrected chi connectivity index (χ4v) is 2.49. The molecule has 21 heavy (non-hydrogen) atoms. The van der Waals surface area contributed by atoms with E-state index in [1.807, 2.05) is 31.2 Å². The molecule has 0 radical (unpaired) electrons. The molecule has 1 aliphatic rings. The molecule has 0 aliphatic carbocycles. The van der Waals surface area contributed by atoms with Crippen molar-refractivity contribution in [1.82, 2.24) is 5.32 Å². The molecular formula is C16H21NO4. The second kappa shape index (κ2) is 7.22. The number of carboxylic acid groups (broad SMARTS) is 1. The average Bonchev–Trinajstić information content (AvgIpc) is 2.97. The van der Waals surface area contributed by atoms with Gasteiger partial charge in [0.1, 0.15) is 6.10 Å². The van der Waals surface area contributed by atoms with Gasteiger partial charge in [-0.15, -0.1) is 0 Å². The highest BCUT2D eigenvalue weighted by molar-refractivity contribution is 5.81. The van der Waals surface area contributed by atoms with Crippen molar-refractivity contribution in [1.29, 1.82) is 0 Å². The quantitative estimate of drug-likeness (QED) is 0.833. The molecule has 5 heteroatoms. The van der Waals surface area contributed by atoms with Crippen LogP contribution < -0.4 is 5.32 Å². The van der Waals surface area contributed by atoms with E-state index in [1.54, 1.807) is 0 Å². The van der Waals surface area contributed by atoms with Crippen LogP contribution in [0.15, 0.2) is 24.3 Å². The summed E-state index contributed by atoms with van der Waals surface area (Å²) in [5.41, 5.74) is 2.06. The van der Waals surface area contributed by atoms with E-state index < -0.39 is 18.0 Å². The standard InChI is InChI=1S/C16H21NO4/c1-11-4-2-5-12(8-11)9-13(16(19)20)10-17-15(18)14-6-3-7-21-14/h2,4-5,8,13-14H,3,6-7,9-10H2,1H3,(H,17,18)(H,19,20)/t13-,14-/m0/s1. The molecule has 1 aromatic carbocycles. The van der Waals surface area contributed by atoms with Gasteiger partial charge < -0.3 is 15.2 Å². The molecule has 0 aromatic heterocycles. The zero-order valence-electron chi connectivity index (χ0n) is 12.2. The minimum absolute atomic E-state index is 0.127. The summed E-state index contributed by atoms with van der Waals surface area (Å²) in [6, 6.07) is 7.76. The number of aryl methyl sites for hydroxylation is 1. The van der Waals surface area contributed by atoms with Crippen LogP contribution in [-0.2, 0) is 20.7 Å². The number of carbonyl (C=O) groups excluding carboxylic acids is 1. The van der Waals surface area contributed by atoms with Crippen molar-refractivity contribution < 1.29 is 19.4 Å². The van der Waals surface area contributed by atoms with Crippen LogP contribution in [0, 0.1) is 12.8 Å². The van der Waals surface area contributed by atoms with E-state index in [0.717, 1.165) is 17.5 Å². The highest BCUT2D eigenvalue weighted by Crippen LogP contribution is 2.13. The van der Waals surface area contributed by atoms with Gasteiger partial charge in [0.2, 0.25) is 5.91 Å². The number of rotatable bonds is 6. The molecule has 2 rings (SSSR count). The lowest BCUT2D eigenvalue weighted by Crippen LogP contribution is -2.39. The average molecular weight is 291 g/mol. The van der Waals surface area contributed by atoms with Crippen LogP contribution in [0.2, 0.25) is 0 Å². The van der Waals surface area contributed by atoms with Crippen LogP contribution in [0.25, 0.3) is 0 Å². The van der Waals surface area contributed by atoms with Crippen molar-refractivity contribution in [3.8, 4) is 0 Å². The number of benzene rings is 1. The van der Waals surface area contributed by atoms with Gasteiger partial charge in [-0.3, -0.25) is 9.59 Å². The highest BCUT2D eigenvalue weighted by atomic mass is 16.5. The molecule has 2 atom stereocenters. The molecule has 0 saturated carbocycles. The van der Waals surface area contributed by atoms with Gasteiger partial charge in [0, 0.05) is 13.2 Å². The maximum atomic E-state index is 11.8. The number of nitrogens with one attached hydrogen (secondary N) is 1. The van der Waals surface area contributed by atoms with E-state index >= 15 is 0 Å². The summed E-state index contributed by atoms with van der Waals surface area (Å²) < 4.78 is 5.28. The SMILES string of the molecule is Cc1cccc(C[C@@H](CNC(=O)[C@@H]2CCCO2)C(=O)O)c1. The van der Waals surface area contributed by atoms with Crippen LogP contribution in [0.5, 0.6) is 0 Å². The van der Waals surface area contributed by atoms with E-state index in [2.05, 4.69) is 5.32 Å². The van der Waals surface area contributed by atoms with Crippen molar-refractivity contribution in [2.24, 2.45) is 5.92 Å². The molecular weight excluding hydrogens is 270 g/mol. The highest BCUT2D eigenvalue weighted by Gasteiger charge is 2.25. The number of carbonyl (C=O) groups is 2. The molecule has 1 amide bonds. The van der Waals surface area contributed by atoms with Crippen LogP contribution in [0.1, 0.15) is 24.0 Å². The van der Waals surface area contributed by atoms with Crippen molar-refractivity contribution in [2.75, 3.05) is 13.2 Å². The molecule has 2 N–H and O–H groups in total. The Labute approximate surface area is 124 Å². The summed E-state index contributed by atoms with van der Waals surface area (Å²) in [7, 11) is 0. The molecule has 114 valence electrons. The van der Waals surface area contributed by atoms with Crippen molar-refractivity contribution >= 4 is 11.9 Å². The van der Waals surface area contributed by atoms with Crippen molar-refractivity contribution in [3.05, 3.63) is 35.4 Å². The Morgan fingerprint density at radius 3 is 2.90 bits per heavy atom. The number of carboxylic acids is 1. The zero-order chi connectivity index (χ0) is 15.2. The number of hydrogen-bond donors (Lipinski definition) is 2. The normalized spacial score (nSPS) is 19.2. The first-order valence-electron chi connectivity index (χ1n) is 7.24. The van der Waals surface area contributed by atoms with Gasteiger partial charge in [-0.05, 0) is 31.7 Å². The number of amides is 1. The summed E-state index contributed by atoms with van der Waals surface area (Å²) >= 11 is 0. The Bertz CT molecular complexity index is 509. The van der Waals surface area contributed by atoms with Crippen LogP contribution >= 0.6 is 0 Å². The third-order valence-electron chi connectivity index (χ3n) is 3.66. The fraction of sp³-hybridized carbons (Fsp3) is 0.500. The molecule has 1 saturated heterocycles. The van der Waals surface area contributed by atoms with E-state index in [1.165, 1.54) is 0 Å². The lowest BCUT2D eigenvalue weighted by Gasteiger charge is -2.16. The van der Waals surface area contributed by atoms with Gasteiger partial charge in [-0.2, -0.15) is 0 Å². The lowest BCUT2D eigenvalue weighted by atomic mass is 9.98. The third kappa shape index (κ3) is 4.56. The van der Waals surface area contributed by atoms with Gasteiger partial charge in [-0.1, -0.05) is 29.8 Å². The smallest absolute Gasteiger partial charge is 0.308 e. The summed E-state index contributed by atoms with van der Waals surface area (Å²) in [4.78, 5) is 23.2. The Morgan fingerprint density at radius 1 is 1.48 bits per heavy atom. The maximum Gasteiger partial charge on any atom is 0.308 e. The first kappa shape index (κ1) is 15.5. The third-order valence-corrected chi connectivity index (χ3v) is 3.66. The fourth-order valence-electron chi connectivity index (χ4n) is 2.49. The van der Waals surface area contributed by atoms with E-state index in [0.29, 0.717) is 19.4 Å². The minimum Gasteiger partial charge on any atom is -0.481 e. The molecule has 1 aliphatic heterocycles. The molecule has 1 fully saturated rings. The number of aliphatic carboxylic acids is 1. The first-order valence-corrected chi connectivity index (χ1v) is 7.24. The van der Waals surface area contributed by atoms with Crippen LogP contribution in [0.3, 0.4) is 0 Å². The topological polar surface area (TPSA) is 75.6 Å². The Balaban J connectivity index is 1.90. The van der Waals surface area contributed by atoms with Gasteiger partial charge in [-0.25, -0.2) is 0 Å². The van der Waals surface area contributed by atoms with Gasteiger partial charge in [0.25, 0.3) is 0 Å². The van der Waals surface area contributed by atoms with E-state index in [9.17, 15) is 14.7 Å². The summed E-state index contributed by atoms with van der Waals surface area (Å²) in [6.07, 6.45) is 1.58. The van der Waals surface area contributed by atoms with Crippen molar-refractivity contribution in [3.63, 3.8) is 0 Å². The predicted octanol–water partition coefficient (Wildman–Crippen LogP) is 1.53. The molecule has 5 nitrogen and oxygen atoms in total. The lowest BCUT2D eigenvalue weighted by molar-refractivity contribution is -0.141. The van der Waals surface area contributed by atoms with Crippen LogP contribution in [0.4, 0.5) is 0 Å². The minimum atomic E-state index is -0.899. The summed E-state index contributed by atoms with van der Waals surface area (Å²) in [6.45, 7) is 2.70. The number of ether oxygens (including phenoxy) is 1. The largest absolute Gasteiger partial charge is 0.481 e. The molecule has 0 unspecified atom stereocenters. The molecule has 1 heterocycles. The Kier molecular flexibility index (Phi) is 5.33. The molecule has 1 aromatic rings. The maximum absolute atomic E-state index is 11.8. The first-order chi connectivity index (χ1) is 10.1. The number of hydrogen-bond acceptors (Lipinski definition) is 3. The molecule has 0 bridgehead atoms. The Hall–Kier alpha value is -1.88.